The molecule has 7 rings (SSSR count). The average Bonchev–Trinajstić information content (AvgIpc) is 3.63. The molecule has 3 aromatic carbocycles. The van der Waals surface area contributed by atoms with Crippen molar-refractivity contribution in [2.45, 2.75) is 38.3 Å². The second-order valence-corrected chi connectivity index (χ2v) is 16.1. The van der Waals surface area contributed by atoms with Crippen LogP contribution in [0.15, 0.2) is 48.7 Å². The number of benzene rings is 3. The number of hydrogen-bond donors (Lipinski definition) is 3. The highest BCUT2D eigenvalue weighted by molar-refractivity contribution is 6.37. The number of carbonyl (C=O) groups is 4. The standard InChI is InChI=1S/C45H50Cl2N8O9/c1-60-38-24-36(32(46)22-33(38)47)51-43-28(25-48)26-50-35-23-40(39(61-2)21-30(35)43)64-16-4-11-53-12-14-54(15-13-53)42(57)9-17-62-19-20-63-18-10-49-34-6-3-5-29-31(34)27-55(45(29)59)37-7-8-41(56)52-44(37)58/h3,5-6,21-24,26,37,49H,4,7-20,27H2,1-2H3,(H,50,51)(H,52,56,58). The van der Waals surface area contributed by atoms with E-state index in [0.29, 0.717) is 133 Å². The normalized spacial score (nSPS) is 16.4. The Morgan fingerprint density at radius 3 is 2.45 bits per heavy atom. The Labute approximate surface area is 380 Å². The van der Waals surface area contributed by atoms with Gasteiger partial charge in [0.05, 0.1) is 86.2 Å². The summed E-state index contributed by atoms with van der Waals surface area (Å²) in [5.41, 5.74) is 4.08. The predicted molar refractivity (Wildman–Crippen MR) is 240 cm³/mol. The summed E-state index contributed by atoms with van der Waals surface area (Å²) in [7, 11) is 3.06. The van der Waals surface area contributed by atoms with Crippen molar-refractivity contribution in [2.24, 2.45) is 0 Å². The average molecular weight is 918 g/mol. The van der Waals surface area contributed by atoms with E-state index < -0.39 is 11.9 Å². The van der Waals surface area contributed by atoms with Gasteiger partial charge in [-0.3, -0.25) is 34.4 Å². The van der Waals surface area contributed by atoms with E-state index in [1.54, 1.807) is 43.5 Å². The molecule has 4 heterocycles. The van der Waals surface area contributed by atoms with E-state index in [0.717, 1.165) is 37.3 Å². The van der Waals surface area contributed by atoms with E-state index in [2.05, 4.69) is 31.9 Å². The lowest BCUT2D eigenvalue weighted by molar-refractivity contribution is -0.137. The Kier molecular flexibility index (Phi) is 15.6. The van der Waals surface area contributed by atoms with Crippen LogP contribution >= 0.6 is 23.2 Å². The zero-order chi connectivity index (χ0) is 45.2. The highest BCUT2D eigenvalue weighted by Gasteiger charge is 2.40. The van der Waals surface area contributed by atoms with Gasteiger partial charge in [-0.1, -0.05) is 29.3 Å². The molecule has 2 fully saturated rings. The highest BCUT2D eigenvalue weighted by atomic mass is 35.5. The van der Waals surface area contributed by atoms with Crippen LogP contribution in [0.3, 0.4) is 0 Å². The molecule has 1 unspecified atom stereocenters. The predicted octanol–water partition coefficient (Wildman–Crippen LogP) is 5.38. The van der Waals surface area contributed by atoms with Crippen molar-refractivity contribution < 1.29 is 42.9 Å². The molecule has 3 aliphatic rings. The molecule has 1 aromatic heterocycles. The van der Waals surface area contributed by atoms with Crippen LogP contribution < -0.4 is 30.2 Å². The number of piperidine rings is 1. The fraction of sp³-hybridized carbons (Fsp3) is 0.422. The lowest BCUT2D eigenvalue weighted by Gasteiger charge is -2.34. The quantitative estimate of drug-likeness (QED) is 0.0755. The van der Waals surface area contributed by atoms with Crippen LogP contribution in [-0.2, 0) is 30.4 Å². The maximum absolute atomic E-state index is 13.1. The number of pyridine rings is 1. The Morgan fingerprint density at radius 2 is 1.70 bits per heavy atom. The molecule has 0 bridgehead atoms. The Bertz CT molecular complexity index is 2420. The van der Waals surface area contributed by atoms with Gasteiger partial charge >= 0.3 is 0 Å². The first-order valence-electron chi connectivity index (χ1n) is 21.1. The number of rotatable bonds is 20. The first-order valence-corrected chi connectivity index (χ1v) is 21.8. The molecule has 0 radical (unpaired) electrons. The van der Waals surface area contributed by atoms with Crippen LogP contribution in [0.5, 0.6) is 17.2 Å². The minimum absolute atomic E-state index is 0.0615. The molecule has 0 spiro atoms. The topological polar surface area (TPSA) is 197 Å². The van der Waals surface area contributed by atoms with Gasteiger partial charge in [-0.25, -0.2) is 0 Å². The number of nitrogens with zero attached hydrogens (tertiary/aromatic N) is 5. The third-order valence-electron chi connectivity index (χ3n) is 11.4. The third kappa shape index (κ3) is 10.9. The summed E-state index contributed by atoms with van der Waals surface area (Å²) in [5, 5.41) is 20.1. The van der Waals surface area contributed by atoms with E-state index in [1.807, 2.05) is 11.0 Å². The fourth-order valence-electron chi connectivity index (χ4n) is 7.95. The summed E-state index contributed by atoms with van der Waals surface area (Å²) in [6, 6.07) is 13.8. The number of piperazine rings is 1. The summed E-state index contributed by atoms with van der Waals surface area (Å²) in [4.78, 5) is 60.1. The Morgan fingerprint density at radius 1 is 0.922 bits per heavy atom. The SMILES string of the molecule is COc1cc(Nc2c(C#N)cnc3cc(OCCCN4CCN(C(=O)CCOCCOCCNc5cccc6c5CN(C5CCC(=O)NC5=O)C6=O)CC4)c(OC)cc23)c(Cl)cc1Cl. The number of fused-ring (bicyclic) bond motifs is 2. The molecule has 19 heteroatoms. The van der Waals surface area contributed by atoms with Gasteiger partial charge in [-0.2, -0.15) is 5.26 Å². The molecule has 338 valence electrons. The van der Waals surface area contributed by atoms with Gasteiger partial charge in [0.15, 0.2) is 11.5 Å². The van der Waals surface area contributed by atoms with Gasteiger partial charge in [0.25, 0.3) is 5.91 Å². The van der Waals surface area contributed by atoms with Gasteiger partial charge in [-0.15, -0.1) is 0 Å². The summed E-state index contributed by atoms with van der Waals surface area (Å²) in [5.74, 6) is 0.534. The summed E-state index contributed by atoms with van der Waals surface area (Å²) < 4.78 is 28.6. The largest absolute Gasteiger partial charge is 0.495 e. The molecule has 1 atom stereocenters. The number of nitrogens with one attached hydrogen (secondary N) is 3. The molecule has 0 aliphatic carbocycles. The highest BCUT2D eigenvalue weighted by Crippen LogP contribution is 2.40. The van der Waals surface area contributed by atoms with Crippen LogP contribution in [0.4, 0.5) is 17.1 Å². The van der Waals surface area contributed by atoms with Gasteiger partial charge < -0.3 is 44.1 Å². The van der Waals surface area contributed by atoms with E-state index in [4.69, 9.17) is 46.9 Å². The minimum Gasteiger partial charge on any atom is -0.495 e. The van der Waals surface area contributed by atoms with Crippen LogP contribution in [0, 0.1) is 11.3 Å². The maximum atomic E-state index is 13.1. The van der Waals surface area contributed by atoms with Gasteiger partial charge in [0.1, 0.15) is 17.9 Å². The Hall–Kier alpha value is -5.90. The van der Waals surface area contributed by atoms with E-state index in [9.17, 15) is 24.4 Å². The number of carbonyl (C=O) groups excluding carboxylic acids is 4. The fourth-order valence-corrected chi connectivity index (χ4v) is 8.46. The van der Waals surface area contributed by atoms with Gasteiger partial charge in [0, 0.05) is 92.8 Å². The molecular formula is C45H50Cl2N8O9. The lowest BCUT2D eigenvalue weighted by atomic mass is 10.0. The maximum Gasteiger partial charge on any atom is 0.255 e. The summed E-state index contributed by atoms with van der Waals surface area (Å²) in [6.45, 7) is 6.29. The number of hydrogen-bond acceptors (Lipinski definition) is 14. The van der Waals surface area contributed by atoms with Crippen LogP contribution in [-0.4, -0.2) is 136 Å². The second-order valence-electron chi connectivity index (χ2n) is 15.3. The van der Waals surface area contributed by atoms with Crippen molar-refractivity contribution in [3.63, 3.8) is 0 Å². The summed E-state index contributed by atoms with van der Waals surface area (Å²) >= 11 is 12.7. The number of imide groups is 1. The lowest BCUT2D eigenvalue weighted by Crippen LogP contribution is -2.52. The second kappa shape index (κ2) is 21.7. The molecule has 4 amide bonds. The van der Waals surface area contributed by atoms with E-state index >= 15 is 0 Å². The summed E-state index contributed by atoms with van der Waals surface area (Å²) in [6.07, 6.45) is 3.06. The monoisotopic (exact) mass is 916 g/mol. The number of methoxy groups -OCH3 is 2. The first kappa shape index (κ1) is 46.1. The van der Waals surface area contributed by atoms with Crippen molar-refractivity contribution in [3.8, 4) is 23.3 Å². The molecular weight excluding hydrogens is 867 g/mol. The number of ether oxygens (including phenoxy) is 5. The van der Waals surface area contributed by atoms with Crippen LogP contribution in [0.2, 0.25) is 10.0 Å². The van der Waals surface area contributed by atoms with Crippen molar-refractivity contribution >= 4 is 74.8 Å². The minimum atomic E-state index is -0.663. The van der Waals surface area contributed by atoms with Gasteiger partial charge in [0.2, 0.25) is 17.7 Å². The van der Waals surface area contributed by atoms with E-state index in [1.165, 1.54) is 18.2 Å². The number of amides is 4. The number of nitriles is 1. The number of aromatic nitrogens is 1. The number of halogens is 2. The molecule has 17 nitrogen and oxygen atoms in total. The zero-order valence-corrected chi connectivity index (χ0v) is 37.2. The molecule has 2 saturated heterocycles. The van der Waals surface area contributed by atoms with Crippen molar-refractivity contribution in [2.75, 3.05) is 97.2 Å². The molecule has 0 saturated carbocycles. The molecule has 4 aromatic rings. The molecule has 3 aliphatic heterocycles. The van der Waals surface area contributed by atoms with E-state index in [-0.39, 0.29) is 24.1 Å². The van der Waals surface area contributed by atoms with Crippen LogP contribution in [0.25, 0.3) is 10.9 Å². The van der Waals surface area contributed by atoms with Crippen molar-refractivity contribution in [1.29, 1.82) is 5.26 Å². The van der Waals surface area contributed by atoms with Crippen molar-refractivity contribution in [3.05, 3.63) is 75.4 Å². The first-order chi connectivity index (χ1) is 31.1. The van der Waals surface area contributed by atoms with Gasteiger partial charge in [-0.05, 0) is 37.1 Å². The van der Waals surface area contributed by atoms with Crippen LogP contribution in [0.1, 0.15) is 47.2 Å². The van der Waals surface area contributed by atoms with Crippen molar-refractivity contribution in [1.82, 2.24) is 25.0 Å². The molecule has 3 N–H and O–H groups in total. The smallest absolute Gasteiger partial charge is 0.255 e. The Balaban J connectivity index is 0.768. The molecule has 64 heavy (non-hydrogen) atoms. The third-order valence-corrected chi connectivity index (χ3v) is 12.0. The number of anilines is 3. The zero-order valence-electron chi connectivity index (χ0n) is 35.7.